The number of rotatable bonds is 6. The van der Waals surface area contributed by atoms with Gasteiger partial charge in [-0.05, 0) is 25.7 Å². The molecular formula is C13H24N2O2. The summed E-state index contributed by atoms with van der Waals surface area (Å²) >= 11 is 0. The molecule has 17 heavy (non-hydrogen) atoms. The summed E-state index contributed by atoms with van der Waals surface area (Å²) in [5, 5.41) is 9.83. The molecule has 0 bridgehead atoms. The summed E-state index contributed by atoms with van der Waals surface area (Å²) in [5.74, 6) is 1.07. The first-order valence-corrected chi connectivity index (χ1v) is 6.44. The van der Waals surface area contributed by atoms with Gasteiger partial charge in [-0.2, -0.15) is 4.98 Å². The fraction of sp³-hybridized carbons (Fsp3) is 0.769. The first-order chi connectivity index (χ1) is 8.00. The second-order valence-electron chi connectivity index (χ2n) is 4.61. The minimum absolute atomic E-state index is 0.0981. The van der Waals surface area contributed by atoms with Gasteiger partial charge in [0.15, 0.2) is 0 Å². The van der Waals surface area contributed by atoms with E-state index >= 15 is 0 Å². The number of nitrogens with zero attached hydrogens (tertiary/aromatic N) is 1. The molecule has 0 aliphatic carbocycles. The first-order valence-electron chi connectivity index (χ1n) is 6.44. The van der Waals surface area contributed by atoms with E-state index < -0.39 is 5.60 Å². The van der Waals surface area contributed by atoms with Gasteiger partial charge in [0.2, 0.25) is 5.88 Å². The summed E-state index contributed by atoms with van der Waals surface area (Å²) in [7, 11) is 0. The van der Waals surface area contributed by atoms with Crippen molar-refractivity contribution < 1.29 is 9.84 Å². The quantitative estimate of drug-likeness (QED) is 0.802. The minimum Gasteiger partial charge on any atom is -0.492 e. The van der Waals surface area contributed by atoms with Crippen LogP contribution in [0.4, 0.5) is 0 Å². The van der Waals surface area contributed by atoms with E-state index in [2.05, 4.69) is 23.8 Å². The maximum atomic E-state index is 9.83. The highest BCUT2D eigenvalue weighted by atomic mass is 16.5. The molecule has 0 fully saturated rings. The summed E-state index contributed by atoms with van der Waals surface area (Å²) in [6.45, 7) is 10.8. The highest BCUT2D eigenvalue weighted by Crippen LogP contribution is 2.34. The molecule has 1 rings (SSSR count). The lowest BCUT2D eigenvalue weighted by Gasteiger charge is -2.29. The summed E-state index contributed by atoms with van der Waals surface area (Å²) < 4.78 is 5.86. The van der Waals surface area contributed by atoms with Crippen LogP contribution < -0.4 is 0 Å². The second kappa shape index (κ2) is 5.54. The number of aromatic hydroxyl groups is 1. The van der Waals surface area contributed by atoms with Gasteiger partial charge in [-0.25, -0.2) is 0 Å². The molecular weight excluding hydrogens is 216 g/mol. The number of nitrogens with one attached hydrogen (secondary N) is 1. The predicted octanol–water partition coefficient (Wildman–Crippen LogP) is 3.29. The molecule has 0 amide bonds. The number of aromatic nitrogens is 2. The standard InChI is InChI=1S/C13H24N2O2/c1-6-13(7-2,17-8-3)12-14-10(9(4)5)11(16)15-12/h9,16H,6-8H2,1-5H3,(H,14,15). The van der Waals surface area contributed by atoms with Crippen molar-refractivity contribution in [2.45, 2.75) is 59.0 Å². The van der Waals surface area contributed by atoms with Crippen LogP contribution in [0.25, 0.3) is 0 Å². The van der Waals surface area contributed by atoms with Crippen molar-refractivity contribution >= 4 is 0 Å². The molecule has 0 spiro atoms. The van der Waals surface area contributed by atoms with Crippen molar-refractivity contribution in [3.63, 3.8) is 0 Å². The van der Waals surface area contributed by atoms with E-state index in [0.29, 0.717) is 6.61 Å². The van der Waals surface area contributed by atoms with Crippen molar-refractivity contribution in [1.29, 1.82) is 0 Å². The first kappa shape index (κ1) is 14.0. The van der Waals surface area contributed by atoms with Gasteiger partial charge in [-0.15, -0.1) is 0 Å². The zero-order chi connectivity index (χ0) is 13.1. The van der Waals surface area contributed by atoms with Gasteiger partial charge < -0.3 is 14.8 Å². The Kier molecular flexibility index (Phi) is 4.57. The lowest BCUT2D eigenvalue weighted by atomic mass is 9.96. The van der Waals surface area contributed by atoms with Crippen LogP contribution in [0.15, 0.2) is 0 Å². The van der Waals surface area contributed by atoms with E-state index in [9.17, 15) is 5.11 Å². The Bertz CT molecular complexity index is 354. The number of H-pyrrole nitrogens is 1. The van der Waals surface area contributed by atoms with Gasteiger partial charge in [0.25, 0.3) is 0 Å². The van der Waals surface area contributed by atoms with Gasteiger partial charge in [0, 0.05) is 6.61 Å². The SMILES string of the molecule is CCOC(CC)(CC)c1nc(O)c(C(C)C)[nH]1. The Hall–Kier alpha value is -1.03. The average molecular weight is 240 g/mol. The van der Waals surface area contributed by atoms with Gasteiger partial charge in [0.1, 0.15) is 11.4 Å². The Labute approximate surface area is 103 Å². The maximum absolute atomic E-state index is 9.83. The van der Waals surface area contributed by atoms with E-state index in [1.54, 1.807) is 0 Å². The summed E-state index contributed by atoms with van der Waals surface area (Å²) in [6, 6.07) is 0. The third-order valence-corrected chi connectivity index (χ3v) is 3.28. The molecule has 0 saturated heterocycles. The van der Waals surface area contributed by atoms with E-state index in [-0.39, 0.29) is 11.8 Å². The Balaban J connectivity index is 3.15. The minimum atomic E-state index is -0.403. The van der Waals surface area contributed by atoms with Crippen LogP contribution in [0, 0.1) is 0 Å². The third kappa shape index (κ3) is 2.63. The van der Waals surface area contributed by atoms with Crippen LogP contribution in [0.3, 0.4) is 0 Å². The second-order valence-corrected chi connectivity index (χ2v) is 4.61. The molecule has 4 nitrogen and oxygen atoms in total. The third-order valence-electron chi connectivity index (χ3n) is 3.28. The zero-order valence-electron chi connectivity index (χ0n) is 11.5. The fourth-order valence-electron chi connectivity index (χ4n) is 2.13. The van der Waals surface area contributed by atoms with E-state index in [1.165, 1.54) is 0 Å². The van der Waals surface area contributed by atoms with Crippen LogP contribution in [0.5, 0.6) is 5.88 Å². The largest absolute Gasteiger partial charge is 0.492 e. The topological polar surface area (TPSA) is 58.1 Å². The molecule has 2 N–H and O–H groups in total. The van der Waals surface area contributed by atoms with Crippen molar-refractivity contribution in [2.24, 2.45) is 0 Å². The normalized spacial score (nSPS) is 12.4. The molecule has 1 aromatic heterocycles. The molecule has 0 aromatic carbocycles. The van der Waals surface area contributed by atoms with Crippen LogP contribution in [-0.2, 0) is 10.3 Å². The molecule has 0 atom stereocenters. The molecule has 4 heteroatoms. The molecule has 0 unspecified atom stereocenters. The van der Waals surface area contributed by atoms with Crippen LogP contribution >= 0.6 is 0 Å². The summed E-state index contributed by atoms with van der Waals surface area (Å²) in [6.07, 6.45) is 1.67. The van der Waals surface area contributed by atoms with E-state index in [4.69, 9.17) is 4.74 Å². The summed E-state index contributed by atoms with van der Waals surface area (Å²) in [4.78, 5) is 7.46. The Morgan fingerprint density at radius 3 is 2.24 bits per heavy atom. The van der Waals surface area contributed by atoms with E-state index in [1.807, 2.05) is 20.8 Å². The van der Waals surface area contributed by atoms with Gasteiger partial charge in [-0.1, -0.05) is 27.7 Å². The molecule has 1 heterocycles. The van der Waals surface area contributed by atoms with Gasteiger partial charge >= 0.3 is 0 Å². The number of imidazole rings is 1. The smallest absolute Gasteiger partial charge is 0.232 e. The molecule has 1 aromatic rings. The lowest BCUT2D eigenvalue weighted by molar-refractivity contribution is -0.0567. The van der Waals surface area contributed by atoms with Gasteiger partial charge in [0.05, 0.1) is 5.69 Å². The number of hydrogen-bond acceptors (Lipinski definition) is 3. The predicted molar refractivity (Wildman–Crippen MR) is 68.2 cm³/mol. The van der Waals surface area contributed by atoms with Crippen LogP contribution in [0.2, 0.25) is 0 Å². The van der Waals surface area contributed by atoms with E-state index in [0.717, 1.165) is 24.4 Å². The molecule has 0 saturated carbocycles. The Morgan fingerprint density at radius 1 is 1.29 bits per heavy atom. The maximum Gasteiger partial charge on any atom is 0.232 e. The number of ether oxygens (including phenoxy) is 1. The van der Waals surface area contributed by atoms with Crippen molar-refractivity contribution in [2.75, 3.05) is 6.61 Å². The molecule has 0 aliphatic heterocycles. The summed E-state index contributed by atoms with van der Waals surface area (Å²) in [5.41, 5.74) is 0.380. The molecule has 98 valence electrons. The van der Waals surface area contributed by atoms with Crippen LogP contribution in [-0.4, -0.2) is 21.7 Å². The average Bonchev–Trinajstić information content (AvgIpc) is 2.69. The Morgan fingerprint density at radius 2 is 1.88 bits per heavy atom. The van der Waals surface area contributed by atoms with Crippen molar-refractivity contribution in [3.8, 4) is 5.88 Å². The zero-order valence-corrected chi connectivity index (χ0v) is 11.5. The highest BCUT2D eigenvalue weighted by molar-refractivity contribution is 5.25. The lowest BCUT2D eigenvalue weighted by Crippen LogP contribution is -2.29. The number of aromatic amines is 1. The highest BCUT2D eigenvalue weighted by Gasteiger charge is 2.33. The van der Waals surface area contributed by atoms with Crippen LogP contribution in [0.1, 0.15) is 64.9 Å². The van der Waals surface area contributed by atoms with Gasteiger partial charge in [-0.3, -0.25) is 0 Å². The molecule has 0 aliphatic rings. The fourth-order valence-corrected chi connectivity index (χ4v) is 2.13. The molecule has 0 radical (unpaired) electrons. The van der Waals surface area contributed by atoms with Crippen molar-refractivity contribution in [3.05, 3.63) is 11.5 Å². The monoisotopic (exact) mass is 240 g/mol. The van der Waals surface area contributed by atoms with Crippen molar-refractivity contribution in [1.82, 2.24) is 9.97 Å². The number of hydrogen-bond donors (Lipinski definition) is 2.